The molecule has 8 nitrogen and oxygen atoms in total. The van der Waals surface area contributed by atoms with Crippen molar-refractivity contribution in [2.45, 2.75) is 106 Å². The van der Waals surface area contributed by atoms with Crippen LogP contribution in [-0.2, 0) is 22.6 Å². The van der Waals surface area contributed by atoms with Gasteiger partial charge in [-0.15, -0.1) is 11.8 Å². The molecule has 37 heavy (non-hydrogen) atoms. The Bertz CT molecular complexity index is 780. The van der Waals surface area contributed by atoms with Gasteiger partial charge in [-0.25, -0.2) is 0 Å². The van der Waals surface area contributed by atoms with Crippen LogP contribution in [0.4, 0.5) is 0 Å². The summed E-state index contributed by atoms with van der Waals surface area (Å²) in [6.07, 6.45) is 11.5. The first kappa shape index (κ1) is 28.8. The van der Waals surface area contributed by atoms with E-state index in [1.807, 2.05) is 0 Å². The second kappa shape index (κ2) is 16.0. The number of nitrogens with zero attached hydrogens (tertiary/aromatic N) is 1. The lowest BCUT2D eigenvalue weighted by molar-refractivity contribution is -0.121. The van der Waals surface area contributed by atoms with E-state index in [-0.39, 0.29) is 5.91 Å². The number of fused-ring (bicyclic) bond motifs is 4. The molecule has 3 aliphatic rings. The number of carbonyl (C=O) groups is 1. The van der Waals surface area contributed by atoms with Crippen molar-refractivity contribution in [3.8, 4) is 0 Å². The van der Waals surface area contributed by atoms with E-state index in [1.165, 1.54) is 56.3 Å². The number of nitrogens with one attached hydrogen (secondary N) is 5. The number of rotatable bonds is 8. The van der Waals surface area contributed by atoms with Gasteiger partial charge in [-0.1, -0.05) is 25.7 Å². The molecule has 2 aliphatic carbocycles. The first-order valence-electron chi connectivity index (χ1n) is 14.5. The van der Waals surface area contributed by atoms with Crippen molar-refractivity contribution in [2.24, 2.45) is 0 Å². The van der Waals surface area contributed by atoms with E-state index < -0.39 is 0 Å². The highest BCUT2D eigenvalue weighted by Gasteiger charge is 2.27. The quantitative estimate of drug-likeness (QED) is 0.258. The van der Waals surface area contributed by atoms with E-state index in [0.29, 0.717) is 43.7 Å². The molecule has 2 bridgehead atoms. The number of methoxy groups -OCH3 is 1. The number of thioether (sulfide) groups is 1. The predicted molar refractivity (Wildman–Crippen MR) is 151 cm³/mol. The summed E-state index contributed by atoms with van der Waals surface area (Å²) >= 11 is 1.80. The molecule has 1 aliphatic heterocycles. The Morgan fingerprint density at radius 3 is 2.00 bits per heavy atom. The van der Waals surface area contributed by atoms with Gasteiger partial charge in [-0.3, -0.25) is 9.78 Å². The second-order valence-corrected chi connectivity index (χ2v) is 11.9. The minimum Gasteiger partial charge on any atom is -0.385 e. The largest absolute Gasteiger partial charge is 0.385 e. The van der Waals surface area contributed by atoms with Crippen molar-refractivity contribution in [3.05, 3.63) is 23.5 Å². The highest BCUT2D eigenvalue weighted by atomic mass is 32.2. The van der Waals surface area contributed by atoms with Gasteiger partial charge >= 0.3 is 0 Å². The van der Waals surface area contributed by atoms with Gasteiger partial charge in [0.05, 0.1) is 11.4 Å². The molecule has 5 N–H and O–H groups in total. The van der Waals surface area contributed by atoms with Gasteiger partial charge in [0.1, 0.15) is 0 Å². The number of hydrogen-bond donors (Lipinski definition) is 5. The number of ether oxygens (including phenoxy) is 1. The molecule has 4 atom stereocenters. The molecule has 4 rings (SSSR count). The molecule has 0 radical (unpaired) electrons. The Hall–Kier alpha value is -1.23. The van der Waals surface area contributed by atoms with Gasteiger partial charge in [0.25, 0.3) is 0 Å². The highest BCUT2D eigenvalue weighted by molar-refractivity contribution is 7.99. The summed E-state index contributed by atoms with van der Waals surface area (Å²) in [5.74, 6) is 0.953. The third kappa shape index (κ3) is 9.79. The average Bonchev–Trinajstić information content (AvgIpc) is 2.92. The lowest BCUT2D eigenvalue weighted by Crippen LogP contribution is -2.53. The number of carbonyl (C=O) groups excluding carboxylic acids is 1. The van der Waals surface area contributed by atoms with Crippen LogP contribution in [0, 0.1) is 0 Å². The molecule has 208 valence electrons. The van der Waals surface area contributed by atoms with Crippen LogP contribution >= 0.6 is 11.8 Å². The van der Waals surface area contributed by atoms with Crippen molar-refractivity contribution in [1.82, 2.24) is 31.6 Å². The zero-order valence-electron chi connectivity index (χ0n) is 22.7. The molecule has 0 aromatic carbocycles. The van der Waals surface area contributed by atoms with Gasteiger partial charge < -0.3 is 31.3 Å². The average molecular weight is 533 g/mol. The Labute approximate surface area is 227 Å². The van der Waals surface area contributed by atoms with Gasteiger partial charge in [-0.2, -0.15) is 0 Å². The van der Waals surface area contributed by atoms with Crippen LogP contribution in [0.5, 0.6) is 0 Å². The predicted octanol–water partition coefficient (Wildman–Crippen LogP) is 2.71. The maximum atomic E-state index is 12.0. The Balaban J connectivity index is 1.40. The first-order chi connectivity index (χ1) is 18.2. The lowest BCUT2D eigenvalue weighted by Gasteiger charge is -2.34. The molecule has 1 amide bonds. The Morgan fingerprint density at radius 1 is 0.919 bits per heavy atom. The van der Waals surface area contributed by atoms with Gasteiger partial charge in [0.15, 0.2) is 0 Å². The van der Waals surface area contributed by atoms with Crippen molar-refractivity contribution in [1.29, 1.82) is 0 Å². The van der Waals surface area contributed by atoms with Gasteiger partial charge in [0.2, 0.25) is 5.91 Å². The van der Waals surface area contributed by atoms with Crippen molar-refractivity contribution in [2.75, 3.05) is 39.1 Å². The van der Waals surface area contributed by atoms with E-state index in [4.69, 9.17) is 9.72 Å². The van der Waals surface area contributed by atoms with E-state index >= 15 is 0 Å². The van der Waals surface area contributed by atoms with Crippen molar-refractivity contribution < 1.29 is 9.53 Å². The summed E-state index contributed by atoms with van der Waals surface area (Å²) < 4.78 is 5.04. The molecule has 2 heterocycles. The summed E-state index contributed by atoms with van der Waals surface area (Å²) in [4.78, 5) is 18.3. The molecular weight excluding hydrogens is 484 g/mol. The summed E-state index contributed by atoms with van der Waals surface area (Å²) in [6.45, 7) is 4.95. The standard InChI is InChI=1S/C28H48N6O2S/c1-36-15-6-11-28(35)31-14-16-37-23-17-21-19-32-26-9-4-2-7-24(26)29-12-13-30-25-8-3-5-10-27(25)33-20-22(18-23)34-21/h17-18,24-27,29-30,32-33H,2-16,19-20H2,1H3,(H,31,35)/t24-,25-,26-,27-/m1/s1. The van der Waals surface area contributed by atoms with Gasteiger partial charge in [0, 0.05) is 87.7 Å². The fourth-order valence-electron chi connectivity index (χ4n) is 5.93. The summed E-state index contributed by atoms with van der Waals surface area (Å²) in [5.41, 5.74) is 2.23. The SMILES string of the molecule is COCCCC(=O)NCCSc1cc2nc(c1)CN[C@@H]1CCCC[C@H]1NCCN[C@@H]1CCCC[C@H]1NC2. The highest BCUT2D eigenvalue weighted by Crippen LogP contribution is 2.23. The summed E-state index contributed by atoms with van der Waals surface area (Å²) in [5, 5.41) is 18.4. The smallest absolute Gasteiger partial charge is 0.220 e. The van der Waals surface area contributed by atoms with E-state index in [9.17, 15) is 4.79 Å². The van der Waals surface area contributed by atoms with Crippen LogP contribution in [0.1, 0.15) is 75.6 Å². The minimum absolute atomic E-state index is 0.103. The van der Waals surface area contributed by atoms with E-state index in [1.54, 1.807) is 18.9 Å². The van der Waals surface area contributed by atoms with Crippen LogP contribution in [-0.4, -0.2) is 74.2 Å². The third-order valence-corrected chi connectivity index (χ3v) is 8.89. The lowest BCUT2D eigenvalue weighted by atomic mass is 9.89. The summed E-state index contributed by atoms with van der Waals surface area (Å²) in [7, 11) is 1.67. The number of amides is 1. The molecule has 1 aromatic rings. The first-order valence-corrected chi connectivity index (χ1v) is 15.5. The molecule has 1 aromatic heterocycles. The van der Waals surface area contributed by atoms with Crippen LogP contribution in [0.25, 0.3) is 0 Å². The molecule has 0 saturated heterocycles. The summed E-state index contributed by atoms with van der Waals surface area (Å²) in [6, 6.07) is 6.52. The van der Waals surface area contributed by atoms with Crippen LogP contribution in [0.2, 0.25) is 0 Å². The zero-order valence-corrected chi connectivity index (χ0v) is 23.5. The minimum atomic E-state index is 0.103. The van der Waals surface area contributed by atoms with Crippen molar-refractivity contribution in [3.63, 3.8) is 0 Å². The maximum absolute atomic E-state index is 12.0. The van der Waals surface area contributed by atoms with Crippen molar-refractivity contribution >= 4 is 17.7 Å². The molecule has 9 heteroatoms. The number of hydrogen-bond acceptors (Lipinski definition) is 8. The Morgan fingerprint density at radius 2 is 1.46 bits per heavy atom. The van der Waals surface area contributed by atoms with E-state index in [2.05, 4.69) is 38.7 Å². The number of pyridine rings is 1. The molecule has 0 unspecified atom stereocenters. The van der Waals surface area contributed by atoms with E-state index in [0.717, 1.165) is 49.7 Å². The molecule has 2 saturated carbocycles. The van der Waals surface area contributed by atoms with Gasteiger partial charge in [-0.05, 0) is 44.2 Å². The molecule has 0 spiro atoms. The normalized spacial score (nSPS) is 27.3. The fraction of sp³-hybridized carbons (Fsp3) is 0.786. The zero-order chi connectivity index (χ0) is 25.7. The molecule has 2 fully saturated rings. The second-order valence-electron chi connectivity index (χ2n) is 10.7. The Kier molecular flexibility index (Phi) is 12.4. The maximum Gasteiger partial charge on any atom is 0.220 e. The monoisotopic (exact) mass is 532 g/mol. The fourth-order valence-corrected chi connectivity index (χ4v) is 6.81. The van der Waals surface area contributed by atoms with Crippen LogP contribution < -0.4 is 26.6 Å². The van der Waals surface area contributed by atoms with Crippen LogP contribution in [0.15, 0.2) is 17.0 Å². The van der Waals surface area contributed by atoms with Crippen LogP contribution in [0.3, 0.4) is 0 Å². The molecular formula is C28H48N6O2S. The number of aromatic nitrogens is 1. The third-order valence-electron chi connectivity index (χ3n) is 7.91. The topological polar surface area (TPSA) is 99.3 Å².